The molecule has 0 fully saturated rings. The lowest BCUT2D eigenvalue weighted by molar-refractivity contribution is 0.0989. The summed E-state index contributed by atoms with van der Waals surface area (Å²) < 4.78 is 0. The van der Waals surface area contributed by atoms with Gasteiger partial charge in [-0.1, -0.05) is 48.5 Å². The second-order valence-corrected chi connectivity index (χ2v) is 8.41. The zero-order valence-corrected chi connectivity index (χ0v) is 16.5. The van der Waals surface area contributed by atoms with Gasteiger partial charge in [0.1, 0.15) is 0 Å². The van der Waals surface area contributed by atoms with Gasteiger partial charge < -0.3 is 9.80 Å². The molecule has 0 atom stereocenters. The van der Waals surface area contributed by atoms with Crippen molar-refractivity contribution in [2.75, 3.05) is 28.6 Å². The summed E-state index contributed by atoms with van der Waals surface area (Å²) in [5.74, 6) is 1.18. The number of nitrogens with zero attached hydrogens (tertiary/aromatic N) is 2. The molecule has 5 rings (SSSR count). The number of carbonyl (C=O) groups excluding carboxylic acids is 1. The molecule has 3 aromatic rings. The molecule has 3 nitrogen and oxygen atoms in total. The Morgan fingerprint density at radius 2 is 1.71 bits per heavy atom. The first-order valence-electron chi connectivity index (χ1n) is 9.75. The highest BCUT2D eigenvalue weighted by molar-refractivity contribution is 7.99. The van der Waals surface area contributed by atoms with Gasteiger partial charge in [0.25, 0.3) is 5.91 Å². The molecule has 28 heavy (non-hydrogen) atoms. The van der Waals surface area contributed by atoms with E-state index in [2.05, 4.69) is 53.4 Å². The highest BCUT2D eigenvalue weighted by Gasteiger charge is 2.27. The van der Waals surface area contributed by atoms with Gasteiger partial charge in [0.2, 0.25) is 0 Å². The summed E-state index contributed by atoms with van der Waals surface area (Å²) in [7, 11) is 0. The molecule has 0 N–H and O–H groups in total. The van der Waals surface area contributed by atoms with Crippen LogP contribution in [0.15, 0.2) is 77.7 Å². The third-order valence-corrected chi connectivity index (χ3v) is 6.56. The van der Waals surface area contributed by atoms with Crippen molar-refractivity contribution in [3.8, 4) is 0 Å². The molecule has 0 aromatic heterocycles. The maximum absolute atomic E-state index is 13.3. The van der Waals surface area contributed by atoms with Crippen LogP contribution in [0.25, 0.3) is 0 Å². The van der Waals surface area contributed by atoms with Gasteiger partial charge in [-0.3, -0.25) is 4.79 Å². The van der Waals surface area contributed by atoms with Gasteiger partial charge in [-0.05, 0) is 41.8 Å². The predicted molar refractivity (Wildman–Crippen MR) is 116 cm³/mol. The highest BCUT2D eigenvalue weighted by Crippen LogP contribution is 2.37. The van der Waals surface area contributed by atoms with Crippen LogP contribution in [-0.4, -0.2) is 24.7 Å². The fourth-order valence-electron chi connectivity index (χ4n) is 4.08. The molecule has 3 aromatic carbocycles. The van der Waals surface area contributed by atoms with Crippen molar-refractivity contribution in [1.29, 1.82) is 0 Å². The van der Waals surface area contributed by atoms with E-state index in [9.17, 15) is 4.79 Å². The topological polar surface area (TPSA) is 23.6 Å². The van der Waals surface area contributed by atoms with E-state index in [1.54, 1.807) is 0 Å². The number of thioether (sulfide) groups is 1. The van der Waals surface area contributed by atoms with Gasteiger partial charge in [-0.25, -0.2) is 0 Å². The fourth-order valence-corrected chi connectivity index (χ4v) is 5.11. The van der Waals surface area contributed by atoms with Crippen molar-refractivity contribution in [1.82, 2.24) is 0 Å². The molecule has 0 saturated carbocycles. The third-order valence-electron chi connectivity index (χ3n) is 5.51. The second-order valence-electron chi connectivity index (χ2n) is 7.27. The van der Waals surface area contributed by atoms with E-state index in [4.69, 9.17) is 0 Å². The largest absolute Gasteiger partial charge is 0.365 e. The van der Waals surface area contributed by atoms with Crippen molar-refractivity contribution in [2.24, 2.45) is 0 Å². The van der Waals surface area contributed by atoms with Gasteiger partial charge in [-0.15, -0.1) is 11.8 Å². The zero-order valence-electron chi connectivity index (χ0n) is 15.7. The number of carbonyl (C=O) groups is 1. The Kier molecular flexibility index (Phi) is 4.57. The highest BCUT2D eigenvalue weighted by atomic mass is 32.2. The molecular weight excluding hydrogens is 364 g/mol. The summed E-state index contributed by atoms with van der Waals surface area (Å²) in [5, 5.41) is 0. The maximum atomic E-state index is 13.3. The van der Waals surface area contributed by atoms with Crippen molar-refractivity contribution >= 4 is 29.0 Å². The standard InChI is InChI=1S/C24H22N2OS/c27-24(26-13-12-19-8-4-5-9-21(19)26)20-10-11-23-22(16-20)25(14-15-28-23)17-18-6-2-1-3-7-18/h1-11,16H,12-15,17H2. The molecule has 2 aliphatic rings. The Morgan fingerprint density at radius 1 is 0.893 bits per heavy atom. The monoisotopic (exact) mass is 386 g/mol. The average molecular weight is 387 g/mol. The average Bonchev–Trinajstić information content (AvgIpc) is 3.18. The molecule has 0 spiro atoms. The summed E-state index contributed by atoms with van der Waals surface area (Å²) in [5.41, 5.74) is 5.57. The van der Waals surface area contributed by atoms with E-state index in [1.165, 1.54) is 21.7 Å². The van der Waals surface area contributed by atoms with Crippen molar-refractivity contribution in [3.05, 3.63) is 89.5 Å². The zero-order chi connectivity index (χ0) is 18.9. The van der Waals surface area contributed by atoms with Gasteiger partial charge in [0.05, 0.1) is 5.69 Å². The molecule has 1 amide bonds. The fraction of sp³-hybridized carbons (Fsp3) is 0.208. The van der Waals surface area contributed by atoms with Crippen LogP contribution in [-0.2, 0) is 13.0 Å². The third kappa shape index (κ3) is 3.18. The smallest absolute Gasteiger partial charge is 0.258 e. The van der Waals surface area contributed by atoms with E-state index in [0.29, 0.717) is 0 Å². The SMILES string of the molecule is O=C(c1ccc2c(c1)N(Cc1ccccc1)CCS2)N1CCc2ccccc21. The van der Waals surface area contributed by atoms with Crippen LogP contribution in [0, 0.1) is 0 Å². The molecule has 2 aliphatic heterocycles. The van der Waals surface area contributed by atoms with Gasteiger partial charge >= 0.3 is 0 Å². The Labute approximate surface area is 170 Å². The first-order valence-corrected chi connectivity index (χ1v) is 10.7. The van der Waals surface area contributed by atoms with Crippen molar-refractivity contribution in [2.45, 2.75) is 17.9 Å². The van der Waals surface area contributed by atoms with E-state index >= 15 is 0 Å². The van der Waals surface area contributed by atoms with E-state index in [1.807, 2.05) is 40.9 Å². The summed E-state index contributed by atoms with van der Waals surface area (Å²) in [4.78, 5) is 18.8. The van der Waals surface area contributed by atoms with E-state index in [0.717, 1.165) is 43.1 Å². The number of anilines is 2. The quantitative estimate of drug-likeness (QED) is 0.633. The molecule has 4 heteroatoms. The van der Waals surface area contributed by atoms with Crippen LogP contribution in [0.5, 0.6) is 0 Å². The van der Waals surface area contributed by atoms with Crippen molar-refractivity contribution < 1.29 is 4.79 Å². The number of fused-ring (bicyclic) bond motifs is 2. The van der Waals surface area contributed by atoms with Crippen LogP contribution in [0.4, 0.5) is 11.4 Å². The molecule has 2 heterocycles. The van der Waals surface area contributed by atoms with Crippen molar-refractivity contribution in [3.63, 3.8) is 0 Å². The minimum Gasteiger partial charge on any atom is -0.365 e. The Hall–Kier alpha value is -2.72. The molecule has 140 valence electrons. The normalized spacial score (nSPS) is 15.3. The molecule has 0 aliphatic carbocycles. The maximum Gasteiger partial charge on any atom is 0.258 e. The number of amides is 1. The van der Waals surface area contributed by atoms with Crippen LogP contribution in [0.2, 0.25) is 0 Å². The first kappa shape index (κ1) is 17.4. The van der Waals surface area contributed by atoms with Crippen LogP contribution in [0.3, 0.4) is 0 Å². The molecule has 0 saturated heterocycles. The first-order chi connectivity index (χ1) is 13.8. The Balaban J connectivity index is 1.45. The number of benzene rings is 3. The summed E-state index contributed by atoms with van der Waals surface area (Å²) in [6, 6.07) is 25.0. The summed E-state index contributed by atoms with van der Waals surface area (Å²) >= 11 is 1.88. The molecule has 0 radical (unpaired) electrons. The minimum absolute atomic E-state index is 0.1000. The molecule has 0 bridgehead atoms. The Morgan fingerprint density at radius 3 is 2.61 bits per heavy atom. The lowest BCUT2D eigenvalue weighted by Gasteiger charge is -2.31. The van der Waals surface area contributed by atoms with Gasteiger partial charge in [0, 0.05) is 41.5 Å². The summed E-state index contributed by atoms with van der Waals surface area (Å²) in [6.07, 6.45) is 0.933. The van der Waals surface area contributed by atoms with Gasteiger partial charge in [0.15, 0.2) is 0 Å². The Bertz CT molecular complexity index is 1020. The second kappa shape index (κ2) is 7.36. The lowest BCUT2D eigenvalue weighted by Crippen LogP contribution is -2.31. The van der Waals surface area contributed by atoms with E-state index < -0.39 is 0 Å². The van der Waals surface area contributed by atoms with Crippen LogP contribution < -0.4 is 9.80 Å². The number of para-hydroxylation sites is 1. The number of rotatable bonds is 3. The molecular formula is C24H22N2OS. The van der Waals surface area contributed by atoms with Gasteiger partial charge in [-0.2, -0.15) is 0 Å². The summed E-state index contributed by atoms with van der Waals surface area (Å²) in [6.45, 7) is 2.63. The molecule has 0 unspecified atom stereocenters. The number of hydrogen-bond donors (Lipinski definition) is 0. The predicted octanol–water partition coefficient (Wildman–Crippen LogP) is 5.00. The van der Waals surface area contributed by atoms with Crippen LogP contribution in [0.1, 0.15) is 21.5 Å². The number of hydrogen-bond acceptors (Lipinski definition) is 3. The lowest BCUT2D eigenvalue weighted by atomic mass is 10.1. The van der Waals surface area contributed by atoms with Crippen LogP contribution >= 0.6 is 11.8 Å². The minimum atomic E-state index is 0.1000. The van der Waals surface area contributed by atoms with E-state index in [-0.39, 0.29) is 5.91 Å².